The van der Waals surface area contributed by atoms with Gasteiger partial charge in [-0.1, -0.05) is 60.7 Å². The molecule has 0 saturated heterocycles. The summed E-state index contributed by atoms with van der Waals surface area (Å²) in [5.41, 5.74) is 5.84. The van der Waals surface area contributed by atoms with Gasteiger partial charge in [0.1, 0.15) is 18.3 Å². The van der Waals surface area contributed by atoms with Gasteiger partial charge in [0, 0.05) is 49.8 Å². The number of nitrogens with one attached hydrogen (secondary N) is 3. The molecule has 61 heavy (non-hydrogen) atoms. The van der Waals surface area contributed by atoms with E-state index >= 15 is 0 Å². The molecule has 1 heterocycles. The van der Waals surface area contributed by atoms with Crippen LogP contribution in [-0.4, -0.2) is 82.7 Å². The van der Waals surface area contributed by atoms with Gasteiger partial charge in [-0.2, -0.15) is 0 Å². The molecule has 0 saturated carbocycles. The Hall–Kier alpha value is -5.89. The maximum Gasteiger partial charge on any atom is 0.186 e. The van der Waals surface area contributed by atoms with Crippen molar-refractivity contribution in [2.45, 2.75) is 63.7 Å². The van der Waals surface area contributed by atoms with Gasteiger partial charge in [-0.3, -0.25) is 10.1 Å². The van der Waals surface area contributed by atoms with E-state index in [0.29, 0.717) is 55.2 Å². The van der Waals surface area contributed by atoms with Crippen molar-refractivity contribution in [1.29, 1.82) is 0 Å². The average Bonchev–Trinajstić information content (AvgIpc) is 3.76. The predicted molar refractivity (Wildman–Crippen MR) is 235 cm³/mol. The molecule has 0 spiro atoms. The first-order valence-electron chi connectivity index (χ1n) is 20.6. The van der Waals surface area contributed by atoms with Crippen LogP contribution < -0.4 is 24.8 Å². The molecule has 0 aliphatic carbocycles. The van der Waals surface area contributed by atoms with Crippen molar-refractivity contribution in [2.75, 3.05) is 34.2 Å². The molecule has 8 N–H and O–H groups in total. The Morgan fingerprint density at radius 2 is 1.64 bits per heavy atom. The number of aromatic amines is 1. The molecular formula is C49H57N3O9. The second-order valence-corrected chi connectivity index (χ2v) is 15.6. The van der Waals surface area contributed by atoms with Crippen molar-refractivity contribution in [1.82, 2.24) is 15.6 Å². The van der Waals surface area contributed by atoms with E-state index in [4.69, 9.17) is 14.2 Å². The molecule has 12 nitrogen and oxygen atoms in total. The summed E-state index contributed by atoms with van der Waals surface area (Å²) in [6, 6.07) is 30.1. The number of ketones is 1. The van der Waals surface area contributed by atoms with Crippen molar-refractivity contribution in [3.8, 4) is 28.7 Å². The van der Waals surface area contributed by atoms with Crippen molar-refractivity contribution in [3.63, 3.8) is 0 Å². The second kappa shape index (κ2) is 21.6. The van der Waals surface area contributed by atoms with Gasteiger partial charge in [0.05, 0.1) is 19.3 Å². The lowest BCUT2D eigenvalue weighted by molar-refractivity contribution is -0.123. The molecule has 0 amide bonds. The number of aliphatic hydroxyl groups excluding tert-OH is 3. The van der Waals surface area contributed by atoms with Crippen LogP contribution in [0.1, 0.15) is 58.2 Å². The lowest BCUT2D eigenvalue weighted by Crippen LogP contribution is -2.30. The number of aromatic hydroxyl groups is 2. The minimum absolute atomic E-state index is 0.0198. The second-order valence-electron chi connectivity index (χ2n) is 15.6. The maximum atomic E-state index is 14.8. The van der Waals surface area contributed by atoms with Gasteiger partial charge >= 0.3 is 0 Å². The van der Waals surface area contributed by atoms with Crippen LogP contribution in [-0.2, 0) is 37.0 Å². The van der Waals surface area contributed by atoms with Gasteiger partial charge in [0.15, 0.2) is 29.8 Å². The molecule has 0 aliphatic heterocycles. The summed E-state index contributed by atoms with van der Waals surface area (Å²) < 4.78 is 17.2. The van der Waals surface area contributed by atoms with Crippen LogP contribution in [0.3, 0.4) is 0 Å². The zero-order valence-corrected chi connectivity index (χ0v) is 34.9. The highest BCUT2D eigenvalue weighted by Gasteiger charge is 2.30. The van der Waals surface area contributed by atoms with Gasteiger partial charge in [-0.15, -0.1) is 0 Å². The number of phenols is 2. The number of phenolic OH excluding ortho intramolecular Hbond substituents is 2. The van der Waals surface area contributed by atoms with Crippen LogP contribution >= 0.6 is 0 Å². The van der Waals surface area contributed by atoms with Gasteiger partial charge in [-0.25, -0.2) is 0 Å². The van der Waals surface area contributed by atoms with Crippen LogP contribution in [0.25, 0.3) is 10.8 Å². The normalized spacial score (nSPS) is 13.4. The van der Waals surface area contributed by atoms with Crippen molar-refractivity contribution < 1.29 is 44.5 Å². The molecular weight excluding hydrogens is 775 g/mol. The highest BCUT2D eigenvalue weighted by Crippen LogP contribution is 2.38. The lowest BCUT2D eigenvalue weighted by atomic mass is 9.80. The summed E-state index contributed by atoms with van der Waals surface area (Å²) in [7, 11) is 3.34. The van der Waals surface area contributed by atoms with Gasteiger partial charge in [0.25, 0.3) is 0 Å². The number of carbonyl (C=O) groups is 1. The van der Waals surface area contributed by atoms with E-state index in [9.17, 15) is 30.3 Å². The minimum atomic E-state index is -1.08. The molecule has 0 aliphatic rings. The summed E-state index contributed by atoms with van der Waals surface area (Å²) in [6.45, 7) is 1.91. The minimum Gasteiger partial charge on any atom is -0.508 e. The lowest BCUT2D eigenvalue weighted by Gasteiger charge is -2.27. The third-order valence-corrected chi connectivity index (χ3v) is 11.0. The monoisotopic (exact) mass is 831 g/mol. The van der Waals surface area contributed by atoms with Crippen LogP contribution in [0.4, 0.5) is 0 Å². The predicted octanol–water partition coefficient (Wildman–Crippen LogP) is 6.28. The smallest absolute Gasteiger partial charge is 0.186 e. The number of H-pyrrole nitrogens is 1. The number of methoxy groups -OCH3 is 1. The number of benzene rings is 5. The fraction of sp³-hybridized carbons (Fsp3) is 0.327. The van der Waals surface area contributed by atoms with E-state index in [1.54, 1.807) is 50.4 Å². The summed E-state index contributed by atoms with van der Waals surface area (Å²) in [5.74, 6) is -0.370. The Kier molecular flexibility index (Phi) is 15.8. The first kappa shape index (κ1) is 44.7. The Balaban J connectivity index is 1.33. The SMILES string of the molecule is CNCc1cc(O)cc(C(Cc2ccc(OCO)c(OCNCC(C)O)c2)C(=O)CC(O)C(Cc2cc[nH]c2)Cc2ccc(O)c(OC)c2Cc2cccc3ccccc23)c1. The zero-order valence-electron chi connectivity index (χ0n) is 34.9. The molecule has 4 atom stereocenters. The summed E-state index contributed by atoms with van der Waals surface area (Å²) >= 11 is 0. The Bertz CT molecular complexity index is 2340. The number of rotatable bonds is 23. The fourth-order valence-electron chi connectivity index (χ4n) is 8.07. The van der Waals surface area contributed by atoms with Gasteiger partial charge in [0.2, 0.25) is 0 Å². The zero-order chi connectivity index (χ0) is 43.3. The first-order valence-corrected chi connectivity index (χ1v) is 20.6. The highest BCUT2D eigenvalue weighted by atomic mass is 16.6. The topological polar surface area (TPSA) is 186 Å². The van der Waals surface area contributed by atoms with E-state index in [1.807, 2.05) is 48.8 Å². The summed E-state index contributed by atoms with van der Waals surface area (Å²) in [4.78, 5) is 17.9. The molecule has 1 aromatic heterocycles. The fourth-order valence-corrected chi connectivity index (χ4v) is 8.07. The summed E-state index contributed by atoms with van der Waals surface area (Å²) in [6.07, 6.45) is 3.41. The molecule has 322 valence electrons. The summed E-state index contributed by atoms with van der Waals surface area (Å²) in [5, 5.41) is 61.6. The number of aromatic nitrogens is 1. The standard InChI is InChI=1S/C49H57N3O9/c1-31(54)26-52-29-60-48-21-32(11-14-47(48)61-30-53)20-42(38-18-34(27-50-2)19-40(55)23-38)46(58)25-45(57)39(17-33-15-16-51-28-33)22-37-12-13-44(56)49(59-3)43(37)24-36-9-6-8-35-7-4-5-10-41(35)36/h4-16,18-19,21,23,28,31,39,42,45,50-57H,17,20,22,24-27,29-30H2,1-3H3. The Morgan fingerprint density at radius 1 is 0.820 bits per heavy atom. The van der Waals surface area contributed by atoms with Crippen molar-refractivity contribution in [2.24, 2.45) is 5.92 Å². The molecule has 5 aromatic carbocycles. The molecule has 0 radical (unpaired) electrons. The van der Waals surface area contributed by atoms with E-state index in [0.717, 1.165) is 44.2 Å². The third-order valence-electron chi connectivity index (χ3n) is 11.0. The number of hydrogen-bond donors (Lipinski definition) is 8. The number of carbonyl (C=O) groups excluding carboxylic acids is 1. The van der Waals surface area contributed by atoms with Crippen LogP contribution in [0.2, 0.25) is 0 Å². The van der Waals surface area contributed by atoms with Crippen LogP contribution in [0.15, 0.2) is 109 Å². The number of Topliss-reactive ketones (excluding diaryl/α,β-unsaturated/α-hetero) is 1. The number of hydrogen-bond acceptors (Lipinski definition) is 11. The third kappa shape index (κ3) is 11.9. The van der Waals surface area contributed by atoms with E-state index in [1.165, 1.54) is 7.11 Å². The number of aliphatic hydroxyl groups is 3. The molecule has 6 aromatic rings. The molecule has 6 rings (SSSR count). The van der Waals surface area contributed by atoms with E-state index < -0.39 is 30.8 Å². The molecule has 4 unspecified atom stereocenters. The number of fused-ring (bicyclic) bond motifs is 1. The first-order chi connectivity index (χ1) is 29.6. The largest absolute Gasteiger partial charge is 0.508 e. The number of ether oxygens (including phenoxy) is 3. The average molecular weight is 832 g/mol. The molecule has 0 bridgehead atoms. The highest BCUT2D eigenvalue weighted by molar-refractivity contribution is 5.87. The quantitative estimate of drug-likeness (QED) is 0.0269. The van der Waals surface area contributed by atoms with E-state index in [2.05, 4.69) is 39.9 Å². The van der Waals surface area contributed by atoms with E-state index in [-0.39, 0.29) is 36.9 Å². The van der Waals surface area contributed by atoms with Crippen molar-refractivity contribution in [3.05, 3.63) is 148 Å². The van der Waals surface area contributed by atoms with Crippen LogP contribution in [0, 0.1) is 5.92 Å². The maximum absolute atomic E-state index is 14.8. The Morgan fingerprint density at radius 3 is 2.39 bits per heavy atom. The van der Waals surface area contributed by atoms with Gasteiger partial charge < -0.3 is 50.0 Å². The van der Waals surface area contributed by atoms with Crippen molar-refractivity contribution >= 4 is 16.6 Å². The molecule has 12 heteroatoms. The van der Waals surface area contributed by atoms with Gasteiger partial charge in [-0.05, 0) is 120 Å². The van der Waals surface area contributed by atoms with Crippen LogP contribution in [0.5, 0.6) is 28.7 Å². The molecule has 0 fully saturated rings. The Labute approximate surface area is 356 Å².